The summed E-state index contributed by atoms with van der Waals surface area (Å²) < 4.78 is 18.6. The zero-order valence-electron chi connectivity index (χ0n) is 29.7. The summed E-state index contributed by atoms with van der Waals surface area (Å²) in [5.41, 5.74) is 0. The van der Waals surface area contributed by atoms with Crippen LogP contribution in [-0.2, 0) is 13.3 Å². The summed E-state index contributed by atoms with van der Waals surface area (Å²) >= 11 is 0. The van der Waals surface area contributed by atoms with Gasteiger partial charge in [0.25, 0.3) is 0 Å². The van der Waals surface area contributed by atoms with Crippen molar-refractivity contribution >= 4 is 49.2 Å². The minimum Gasteiger partial charge on any atom is -0.415 e. The van der Waals surface area contributed by atoms with Gasteiger partial charge in [0.15, 0.2) is 25.0 Å². The first kappa shape index (κ1) is 41.7. The second-order valence-electron chi connectivity index (χ2n) is 17.9. The average molecular weight is 613 g/mol. The van der Waals surface area contributed by atoms with Gasteiger partial charge in [-0.25, -0.2) is 0 Å². The number of hydrogen-bond donors (Lipinski definition) is 0. The van der Waals surface area contributed by atoms with Crippen molar-refractivity contribution in [2.24, 2.45) is 0 Å². The summed E-state index contributed by atoms with van der Waals surface area (Å²) in [7, 11) is -7.65. The summed E-state index contributed by atoms with van der Waals surface area (Å²) in [5, 5.41) is 0.367. The fourth-order valence-corrected chi connectivity index (χ4v) is 13.8. The largest absolute Gasteiger partial charge is 0.415 e. The van der Waals surface area contributed by atoms with E-state index < -0.39 is 49.2 Å². The minimum absolute atomic E-state index is 0.122. The monoisotopic (exact) mass is 612 g/mol. The molecule has 9 heteroatoms. The smallest absolute Gasteiger partial charge is 0.184 e. The molecule has 0 amide bonds. The lowest BCUT2D eigenvalue weighted by molar-refractivity contribution is 0.176. The first-order valence-corrected chi connectivity index (χ1v) is 34.7. The van der Waals surface area contributed by atoms with Crippen LogP contribution < -0.4 is 0 Å². The maximum atomic E-state index is 6.19. The Morgan fingerprint density at radius 2 is 0.389 bits per heavy atom. The Hall–Kier alpha value is 1.18. The Balaban J connectivity index is -0.000000454. The van der Waals surface area contributed by atoms with E-state index in [9.17, 15) is 0 Å². The SMILES string of the molecule is CC(C)(O[Si](C)(C)C)[Si](C)(C)C.CC(C)(O[Si](C)(C)C)[Si](C)(C)C.CC(C)(O[Si](C)(C)C)[Si](C)(C)C. The van der Waals surface area contributed by atoms with Crippen LogP contribution in [0.25, 0.3) is 0 Å². The molecule has 0 N–H and O–H groups in total. The van der Waals surface area contributed by atoms with Gasteiger partial charge in [0.2, 0.25) is 0 Å². The van der Waals surface area contributed by atoms with Gasteiger partial charge in [-0.05, 0) is 100 Å². The molecule has 0 aliphatic carbocycles. The third kappa shape index (κ3) is 19.3. The Kier molecular flexibility index (Phi) is 15.3. The Morgan fingerprint density at radius 1 is 0.278 bits per heavy atom. The van der Waals surface area contributed by atoms with Crippen molar-refractivity contribution in [2.75, 3.05) is 0 Å². The standard InChI is InChI=1S/3C9H24OSi2/c3*1-9(2,11(3,4)5)10-12(6,7)8/h3*1-8H3. The fourth-order valence-electron chi connectivity index (χ4n) is 2.76. The molecule has 36 heavy (non-hydrogen) atoms. The van der Waals surface area contributed by atoms with Crippen molar-refractivity contribution < 1.29 is 13.3 Å². The van der Waals surface area contributed by atoms with Crippen LogP contribution >= 0.6 is 0 Å². The molecule has 0 atom stereocenters. The Bertz CT molecular complexity index is 543. The van der Waals surface area contributed by atoms with Crippen molar-refractivity contribution in [2.45, 2.75) is 175 Å². The second kappa shape index (κ2) is 13.2. The van der Waals surface area contributed by atoms with E-state index in [1.165, 1.54) is 0 Å². The molecule has 0 unspecified atom stereocenters. The highest BCUT2D eigenvalue weighted by atomic mass is 28.4. The van der Waals surface area contributed by atoms with Crippen LogP contribution in [0.4, 0.5) is 0 Å². The second-order valence-corrected chi connectivity index (χ2v) is 48.3. The van der Waals surface area contributed by atoms with Gasteiger partial charge >= 0.3 is 0 Å². The van der Waals surface area contributed by atoms with Crippen molar-refractivity contribution in [3.8, 4) is 0 Å². The molecular weight excluding hydrogens is 541 g/mol. The van der Waals surface area contributed by atoms with E-state index in [1.807, 2.05) is 0 Å². The third-order valence-electron chi connectivity index (χ3n) is 7.10. The zero-order valence-corrected chi connectivity index (χ0v) is 35.7. The van der Waals surface area contributed by atoms with Gasteiger partial charge < -0.3 is 13.3 Å². The topological polar surface area (TPSA) is 27.7 Å². The quantitative estimate of drug-likeness (QED) is 0.242. The molecule has 0 radical (unpaired) electrons. The van der Waals surface area contributed by atoms with Gasteiger partial charge in [0.05, 0.1) is 24.2 Å². The van der Waals surface area contributed by atoms with Gasteiger partial charge in [-0.15, -0.1) is 0 Å². The predicted molar refractivity (Wildman–Crippen MR) is 186 cm³/mol. The Morgan fingerprint density at radius 3 is 0.417 bits per heavy atom. The lowest BCUT2D eigenvalue weighted by atomic mass is 10.5. The fraction of sp³-hybridized carbons (Fsp3) is 1.00. The van der Waals surface area contributed by atoms with E-state index in [-0.39, 0.29) is 15.7 Å². The molecule has 0 aliphatic heterocycles. The van der Waals surface area contributed by atoms with Crippen molar-refractivity contribution in [1.29, 1.82) is 0 Å². The molecule has 222 valence electrons. The van der Waals surface area contributed by atoms with E-state index in [1.54, 1.807) is 0 Å². The normalized spacial score (nSPS) is 15.0. The van der Waals surface area contributed by atoms with Crippen LogP contribution in [0.3, 0.4) is 0 Å². The lowest BCUT2D eigenvalue weighted by Gasteiger charge is -2.42. The predicted octanol–water partition coefficient (Wildman–Crippen LogP) is 10.5. The Labute approximate surface area is 236 Å². The number of hydrogen-bond acceptors (Lipinski definition) is 3. The summed E-state index contributed by atoms with van der Waals surface area (Å²) in [4.78, 5) is 0. The number of rotatable bonds is 9. The molecule has 0 aromatic heterocycles. The highest BCUT2D eigenvalue weighted by Crippen LogP contribution is 2.29. The van der Waals surface area contributed by atoms with Crippen LogP contribution in [-0.4, -0.2) is 64.8 Å². The molecule has 0 heterocycles. The third-order valence-corrected chi connectivity index (χ3v) is 22.2. The minimum atomic E-state index is -1.37. The molecule has 3 nitrogen and oxygen atoms in total. The molecule has 0 bridgehead atoms. The van der Waals surface area contributed by atoms with Crippen molar-refractivity contribution in [3.05, 3.63) is 0 Å². The van der Waals surface area contributed by atoms with E-state index in [2.05, 4.69) is 159 Å². The van der Waals surface area contributed by atoms with Crippen LogP contribution in [0.2, 0.25) is 118 Å². The molecule has 0 saturated heterocycles. The van der Waals surface area contributed by atoms with E-state index in [0.717, 1.165) is 0 Å². The van der Waals surface area contributed by atoms with Crippen LogP contribution in [0.5, 0.6) is 0 Å². The molecular formula is C27H72O3Si6. The molecule has 0 aromatic rings. The van der Waals surface area contributed by atoms with Gasteiger partial charge in [0.1, 0.15) is 0 Å². The van der Waals surface area contributed by atoms with Crippen molar-refractivity contribution in [3.63, 3.8) is 0 Å². The van der Waals surface area contributed by atoms with E-state index >= 15 is 0 Å². The van der Waals surface area contributed by atoms with Crippen LogP contribution in [0, 0.1) is 0 Å². The summed E-state index contributed by atoms with van der Waals surface area (Å²) in [6.07, 6.45) is 0. The molecule has 0 saturated carbocycles. The molecule has 0 aromatic carbocycles. The van der Waals surface area contributed by atoms with Crippen LogP contribution in [0.15, 0.2) is 0 Å². The lowest BCUT2D eigenvalue weighted by Crippen LogP contribution is -2.54. The highest BCUT2D eigenvalue weighted by molar-refractivity contribution is 6.81. The maximum absolute atomic E-state index is 6.19. The zero-order chi connectivity index (χ0) is 30.6. The van der Waals surface area contributed by atoms with Gasteiger partial charge in [0, 0.05) is 15.7 Å². The first-order chi connectivity index (χ1) is 14.9. The molecule has 0 spiro atoms. The average Bonchev–Trinajstić information content (AvgIpc) is 2.36. The van der Waals surface area contributed by atoms with E-state index in [0.29, 0.717) is 0 Å². The molecule has 0 rings (SSSR count). The summed E-state index contributed by atoms with van der Waals surface area (Å²) in [6.45, 7) is 55.1. The first-order valence-electron chi connectivity index (χ1n) is 14.0. The van der Waals surface area contributed by atoms with E-state index in [4.69, 9.17) is 13.3 Å². The van der Waals surface area contributed by atoms with Gasteiger partial charge in [-0.2, -0.15) is 0 Å². The van der Waals surface area contributed by atoms with Gasteiger partial charge in [-0.3, -0.25) is 0 Å². The summed E-state index contributed by atoms with van der Waals surface area (Å²) in [6, 6.07) is 0. The molecule has 0 aliphatic rings. The highest BCUT2D eigenvalue weighted by Gasteiger charge is 2.40. The van der Waals surface area contributed by atoms with Gasteiger partial charge in [-0.1, -0.05) is 58.9 Å². The summed E-state index contributed by atoms with van der Waals surface area (Å²) in [5.74, 6) is 0. The molecule has 0 fully saturated rings. The van der Waals surface area contributed by atoms with Crippen molar-refractivity contribution in [1.82, 2.24) is 0 Å². The van der Waals surface area contributed by atoms with Crippen LogP contribution in [0.1, 0.15) is 41.5 Å². The maximum Gasteiger partial charge on any atom is 0.184 e.